The van der Waals surface area contributed by atoms with Gasteiger partial charge in [0, 0.05) is 43.9 Å². The largest absolute Gasteiger partial charge is 0.348 e. The third-order valence-electron chi connectivity index (χ3n) is 5.87. The van der Waals surface area contributed by atoms with Crippen molar-refractivity contribution >= 4 is 33.1 Å². The SMILES string of the molecule is O=S(Nc1cccc(-c2nc(N3CCC(F)(F)CC3)sc2-c2ccncc2)c1F)c1cc(F)ccc1F. The maximum absolute atomic E-state index is 15.7. The minimum atomic E-state index is -2.73. The van der Waals surface area contributed by atoms with E-state index in [2.05, 4.69) is 14.7 Å². The standard InChI is InChI=1S/C25H19F5N4OS2/c26-16-4-5-18(27)20(14-16)37(35)33-19-3-1-2-17(21(19)28)22-23(15-6-10-31-11-7-15)36-24(32-22)34-12-8-25(29,30)9-13-34/h1-7,10-11,14,33H,8-9,12-13H2. The van der Waals surface area contributed by atoms with Gasteiger partial charge in [0.2, 0.25) is 0 Å². The molecule has 0 amide bonds. The fourth-order valence-electron chi connectivity index (χ4n) is 3.92. The van der Waals surface area contributed by atoms with Crippen LogP contribution in [0.3, 0.4) is 0 Å². The van der Waals surface area contributed by atoms with Crippen LogP contribution in [0.1, 0.15) is 12.8 Å². The number of pyridine rings is 1. The van der Waals surface area contributed by atoms with Gasteiger partial charge in [-0.1, -0.05) is 17.4 Å². The number of piperidine rings is 1. The number of anilines is 2. The number of aromatic nitrogens is 2. The molecule has 1 aliphatic rings. The molecule has 1 aliphatic heterocycles. The van der Waals surface area contributed by atoms with Crippen LogP contribution in [-0.4, -0.2) is 33.2 Å². The third-order valence-corrected chi connectivity index (χ3v) is 8.16. The van der Waals surface area contributed by atoms with Crippen LogP contribution in [0.5, 0.6) is 0 Å². The van der Waals surface area contributed by atoms with Crippen LogP contribution in [0.15, 0.2) is 65.8 Å². The van der Waals surface area contributed by atoms with Crippen molar-refractivity contribution in [2.24, 2.45) is 0 Å². The number of nitrogens with one attached hydrogen (secondary N) is 1. The van der Waals surface area contributed by atoms with Gasteiger partial charge < -0.3 is 4.90 Å². The van der Waals surface area contributed by atoms with Crippen LogP contribution in [0.25, 0.3) is 21.7 Å². The summed E-state index contributed by atoms with van der Waals surface area (Å²) in [7, 11) is -2.29. The minimum Gasteiger partial charge on any atom is -0.348 e. The van der Waals surface area contributed by atoms with Crippen molar-refractivity contribution < 1.29 is 26.2 Å². The summed E-state index contributed by atoms with van der Waals surface area (Å²) in [5.41, 5.74) is 0.845. The molecule has 1 unspecified atom stereocenters. The van der Waals surface area contributed by atoms with Crippen LogP contribution in [0, 0.1) is 17.5 Å². The smallest absolute Gasteiger partial charge is 0.251 e. The van der Waals surface area contributed by atoms with Crippen molar-refractivity contribution in [2.45, 2.75) is 23.7 Å². The molecule has 3 heterocycles. The Morgan fingerprint density at radius 3 is 2.46 bits per heavy atom. The second-order valence-corrected chi connectivity index (χ2v) is 10.5. The van der Waals surface area contributed by atoms with Gasteiger partial charge in [0.25, 0.3) is 5.92 Å². The van der Waals surface area contributed by atoms with Gasteiger partial charge in [-0.15, -0.1) is 0 Å². The number of hydrogen-bond acceptors (Lipinski definition) is 5. The van der Waals surface area contributed by atoms with E-state index in [0.717, 1.165) is 18.2 Å². The van der Waals surface area contributed by atoms with Crippen LogP contribution < -0.4 is 9.62 Å². The fraction of sp³-hybridized carbons (Fsp3) is 0.200. The highest BCUT2D eigenvalue weighted by Gasteiger charge is 2.35. The van der Waals surface area contributed by atoms with E-state index in [1.54, 1.807) is 29.4 Å². The lowest BCUT2D eigenvalue weighted by Gasteiger charge is -2.31. The molecule has 12 heteroatoms. The van der Waals surface area contributed by atoms with Crippen molar-refractivity contribution in [1.29, 1.82) is 0 Å². The first-order valence-electron chi connectivity index (χ1n) is 11.2. The van der Waals surface area contributed by atoms with Gasteiger partial charge in [0.05, 0.1) is 21.2 Å². The molecule has 0 radical (unpaired) electrons. The molecule has 5 rings (SSSR count). The number of rotatable bonds is 6. The van der Waals surface area contributed by atoms with Crippen LogP contribution in [0.4, 0.5) is 32.8 Å². The summed E-state index contributed by atoms with van der Waals surface area (Å²) in [5, 5.41) is 0.473. The maximum Gasteiger partial charge on any atom is 0.251 e. The average molecular weight is 551 g/mol. The lowest BCUT2D eigenvalue weighted by Crippen LogP contribution is -2.39. The summed E-state index contributed by atoms with van der Waals surface area (Å²) >= 11 is 1.25. The lowest BCUT2D eigenvalue weighted by atomic mass is 10.1. The summed E-state index contributed by atoms with van der Waals surface area (Å²) < 4.78 is 85.9. The van der Waals surface area contributed by atoms with Gasteiger partial charge >= 0.3 is 0 Å². The molecule has 2 aromatic heterocycles. The normalized spacial score (nSPS) is 16.0. The van der Waals surface area contributed by atoms with Gasteiger partial charge in [-0.25, -0.2) is 31.1 Å². The number of benzene rings is 2. The van der Waals surface area contributed by atoms with E-state index in [4.69, 9.17) is 0 Å². The average Bonchev–Trinajstić information content (AvgIpc) is 3.32. The first kappa shape index (κ1) is 25.3. The highest BCUT2D eigenvalue weighted by atomic mass is 32.2. The van der Waals surface area contributed by atoms with Gasteiger partial charge in [0.1, 0.15) is 11.6 Å². The second kappa shape index (κ2) is 10.2. The number of nitrogens with zero attached hydrogens (tertiary/aromatic N) is 3. The van der Waals surface area contributed by atoms with E-state index in [1.165, 1.54) is 29.5 Å². The molecule has 0 aliphatic carbocycles. The highest BCUT2D eigenvalue weighted by molar-refractivity contribution is 7.86. The summed E-state index contributed by atoms with van der Waals surface area (Å²) in [6.45, 7) is 0.218. The first-order chi connectivity index (χ1) is 17.7. The topological polar surface area (TPSA) is 58.1 Å². The number of hydrogen-bond donors (Lipinski definition) is 1. The molecular weight excluding hydrogens is 531 g/mol. The van der Waals surface area contributed by atoms with Crippen molar-refractivity contribution in [3.63, 3.8) is 0 Å². The predicted octanol–water partition coefficient (Wildman–Crippen LogP) is 6.66. The molecule has 2 aromatic carbocycles. The number of alkyl halides is 2. The van der Waals surface area contributed by atoms with E-state index < -0.39 is 39.3 Å². The molecule has 1 N–H and O–H groups in total. The van der Waals surface area contributed by atoms with Crippen molar-refractivity contribution in [3.8, 4) is 21.7 Å². The molecule has 0 bridgehead atoms. The summed E-state index contributed by atoms with van der Waals surface area (Å²) in [6.07, 6.45) is 2.54. The Morgan fingerprint density at radius 2 is 1.73 bits per heavy atom. The van der Waals surface area contributed by atoms with Crippen molar-refractivity contribution in [1.82, 2.24) is 9.97 Å². The number of thiazole rings is 1. The van der Waals surface area contributed by atoms with E-state index in [1.807, 2.05) is 0 Å². The Morgan fingerprint density at radius 1 is 1.00 bits per heavy atom. The zero-order valence-electron chi connectivity index (χ0n) is 19.1. The van der Waals surface area contributed by atoms with E-state index in [-0.39, 0.29) is 42.9 Å². The Balaban J connectivity index is 1.53. The van der Waals surface area contributed by atoms with Crippen molar-refractivity contribution in [2.75, 3.05) is 22.7 Å². The fourth-order valence-corrected chi connectivity index (χ4v) is 5.99. The minimum absolute atomic E-state index is 0.0679. The Labute approximate surface area is 215 Å². The first-order valence-corrected chi connectivity index (χ1v) is 13.1. The Bertz CT molecular complexity index is 1450. The van der Waals surface area contributed by atoms with E-state index >= 15 is 4.39 Å². The second-order valence-electron chi connectivity index (χ2n) is 8.37. The molecule has 37 heavy (non-hydrogen) atoms. The van der Waals surface area contributed by atoms with Gasteiger partial charge in [-0.3, -0.25) is 9.71 Å². The zero-order chi connectivity index (χ0) is 26.2. The maximum atomic E-state index is 15.7. The van der Waals surface area contributed by atoms with Crippen LogP contribution >= 0.6 is 11.3 Å². The van der Waals surface area contributed by atoms with E-state index in [0.29, 0.717) is 15.6 Å². The number of halogens is 5. The molecule has 1 saturated heterocycles. The monoisotopic (exact) mass is 550 g/mol. The summed E-state index contributed by atoms with van der Waals surface area (Å²) in [4.78, 5) is 10.5. The zero-order valence-corrected chi connectivity index (χ0v) is 20.7. The molecule has 5 nitrogen and oxygen atoms in total. The van der Waals surface area contributed by atoms with Gasteiger partial charge in [-0.2, -0.15) is 0 Å². The summed E-state index contributed by atoms with van der Waals surface area (Å²) in [6, 6.07) is 10.3. The van der Waals surface area contributed by atoms with Gasteiger partial charge in [0.15, 0.2) is 21.9 Å². The molecule has 0 spiro atoms. The van der Waals surface area contributed by atoms with Crippen molar-refractivity contribution in [3.05, 3.63) is 78.4 Å². The van der Waals surface area contributed by atoms with Crippen LogP contribution in [0.2, 0.25) is 0 Å². The Kier molecular flexibility index (Phi) is 6.95. The van der Waals surface area contributed by atoms with E-state index in [9.17, 15) is 21.8 Å². The third kappa shape index (κ3) is 5.35. The molecule has 1 atom stereocenters. The van der Waals surface area contributed by atoms with Gasteiger partial charge in [-0.05, 0) is 48.0 Å². The van der Waals surface area contributed by atoms with Crippen LogP contribution in [-0.2, 0) is 11.0 Å². The highest BCUT2D eigenvalue weighted by Crippen LogP contribution is 2.43. The quantitative estimate of drug-likeness (QED) is 0.273. The summed E-state index contributed by atoms with van der Waals surface area (Å²) in [5.74, 6) is -5.22. The lowest BCUT2D eigenvalue weighted by molar-refractivity contribution is -0.0220. The molecule has 0 saturated carbocycles. The predicted molar refractivity (Wildman–Crippen MR) is 134 cm³/mol. The molecule has 4 aromatic rings. The molecule has 1 fully saturated rings. The Hall–Kier alpha value is -3.38. The molecular formula is C25H19F5N4OS2. The molecule has 192 valence electrons.